The summed E-state index contributed by atoms with van der Waals surface area (Å²) in [5, 5.41) is 6.52. The Morgan fingerprint density at radius 2 is 1.79 bits per heavy atom. The van der Waals surface area contributed by atoms with Gasteiger partial charge in [0.2, 0.25) is 0 Å². The maximum atomic E-state index is 12.8. The van der Waals surface area contributed by atoms with Crippen LogP contribution in [0.15, 0.2) is 66.3 Å². The Labute approximate surface area is 173 Å². The van der Waals surface area contributed by atoms with Crippen molar-refractivity contribution in [3.05, 3.63) is 76.7 Å². The number of pyridine rings is 1. The van der Waals surface area contributed by atoms with E-state index in [1.807, 2.05) is 46.2 Å². The summed E-state index contributed by atoms with van der Waals surface area (Å²) in [6, 6.07) is 16.7. The first-order valence-corrected chi connectivity index (χ1v) is 10.7. The minimum atomic E-state index is 0.156. The third-order valence-corrected chi connectivity index (χ3v) is 6.58. The van der Waals surface area contributed by atoms with Crippen LogP contribution in [0.3, 0.4) is 0 Å². The van der Waals surface area contributed by atoms with Gasteiger partial charge in [-0.25, -0.2) is 4.52 Å². The van der Waals surface area contributed by atoms with E-state index < -0.39 is 0 Å². The summed E-state index contributed by atoms with van der Waals surface area (Å²) in [5.74, 6) is 0.156. The lowest BCUT2D eigenvalue weighted by Gasteiger charge is -2.35. The van der Waals surface area contributed by atoms with E-state index in [9.17, 15) is 4.79 Å². The molecule has 0 saturated carbocycles. The predicted octanol–water partition coefficient (Wildman–Crippen LogP) is 4.33. The van der Waals surface area contributed by atoms with Gasteiger partial charge in [-0.1, -0.05) is 30.3 Å². The highest BCUT2D eigenvalue weighted by molar-refractivity contribution is 7.12. The van der Waals surface area contributed by atoms with Crippen molar-refractivity contribution >= 4 is 28.4 Å². The highest BCUT2D eigenvalue weighted by atomic mass is 32.1. The molecular formula is C23H22N4OS. The number of carbonyl (C=O) groups excluding carboxylic acids is 1. The lowest BCUT2D eigenvalue weighted by molar-refractivity contribution is 0.0751. The number of aryl methyl sites for hydroxylation is 1. The summed E-state index contributed by atoms with van der Waals surface area (Å²) in [4.78, 5) is 18.0. The van der Waals surface area contributed by atoms with E-state index in [0.29, 0.717) is 0 Å². The third-order valence-electron chi connectivity index (χ3n) is 5.57. The highest BCUT2D eigenvalue weighted by Crippen LogP contribution is 2.28. The monoisotopic (exact) mass is 402 g/mol. The summed E-state index contributed by atoms with van der Waals surface area (Å²) in [6.07, 6.45) is 3.95. The first-order chi connectivity index (χ1) is 14.2. The van der Waals surface area contributed by atoms with Gasteiger partial charge in [0.1, 0.15) is 0 Å². The predicted molar refractivity (Wildman–Crippen MR) is 118 cm³/mol. The Bertz CT molecular complexity index is 1160. The van der Waals surface area contributed by atoms with Gasteiger partial charge >= 0.3 is 0 Å². The van der Waals surface area contributed by atoms with Crippen LogP contribution in [-0.4, -0.2) is 46.6 Å². The molecule has 1 aliphatic rings. The van der Waals surface area contributed by atoms with Crippen molar-refractivity contribution in [3.63, 3.8) is 0 Å². The van der Waals surface area contributed by atoms with Gasteiger partial charge in [0, 0.05) is 32.4 Å². The summed E-state index contributed by atoms with van der Waals surface area (Å²) in [7, 11) is 0. The van der Waals surface area contributed by atoms with Crippen LogP contribution in [0.25, 0.3) is 16.6 Å². The van der Waals surface area contributed by atoms with Gasteiger partial charge in [-0.2, -0.15) is 5.10 Å². The van der Waals surface area contributed by atoms with E-state index in [-0.39, 0.29) is 5.91 Å². The number of hydrogen-bond donors (Lipinski definition) is 0. The zero-order valence-electron chi connectivity index (χ0n) is 16.3. The second-order valence-electron chi connectivity index (χ2n) is 7.35. The average molecular weight is 403 g/mol. The van der Waals surface area contributed by atoms with Gasteiger partial charge in [0.25, 0.3) is 5.91 Å². The topological polar surface area (TPSA) is 40.9 Å². The standard InChI is InChI=1S/C23H22N4OS/c1-17-8-14-29-22(17)23(28)26-12-10-25(11-13-26)21-16-24-27-9-7-19(15-20(21)27)18-5-3-2-4-6-18/h2-9,14-16H,10-13H2,1H3. The smallest absolute Gasteiger partial charge is 0.264 e. The maximum absolute atomic E-state index is 12.8. The van der Waals surface area contributed by atoms with Gasteiger partial charge in [-0.3, -0.25) is 4.79 Å². The maximum Gasteiger partial charge on any atom is 0.264 e. The summed E-state index contributed by atoms with van der Waals surface area (Å²) < 4.78 is 1.92. The Balaban J connectivity index is 1.37. The van der Waals surface area contributed by atoms with E-state index in [1.54, 1.807) is 0 Å². The number of carbonyl (C=O) groups is 1. The number of piperazine rings is 1. The molecule has 4 heterocycles. The Morgan fingerprint density at radius 1 is 1.00 bits per heavy atom. The molecule has 146 valence electrons. The number of aromatic nitrogens is 2. The van der Waals surface area contributed by atoms with Gasteiger partial charge in [0.05, 0.1) is 22.3 Å². The van der Waals surface area contributed by atoms with Crippen molar-refractivity contribution < 1.29 is 4.79 Å². The van der Waals surface area contributed by atoms with E-state index in [1.165, 1.54) is 22.5 Å². The fourth-order valence-corrected chi connectivity index (χ4v) is 4.80. The Hall–Kier alpha value is -3.12. The van der Waals surface area contributed by atoms with E-state index in [0.717, 1.165) is 47.8 Å². The van der Waals surface area contributed by atoms with Gasteiger partial charge in [-0.05, 0) is 47.2 Å². The molecule has 1 fully saturated rings. The molecule has 0 bridgehead atoms. The molecule has 0 spiro atoms. The van der Waals surface area contributed by atoms with Crippen LogP contribution in [0.1, 0.15) is 15.2 Å². The summed E-state index contributed by atoms with van der Waals surface area (Å²) in [6.45, 7) is 5.08. The van der Waals surface area contributed by atoms with E-state index >= 15 is 0 Å². The molecule has 1 saturated heterocycles. The van der Waals surface area contributed by atoms with Crippen LogP contribution in [0.2, 0.25) is 0 Å². The number of amides is 1. The number of thiophene rings is 1. The molecule has 0 aliphatic carbocycles. The Morgan fingerprint density at radius 3 is 2.52 bits per heavy atom. The summed E-state index contributed by atoms with van der Waals surface area (Å²) >= 11 is 1.53. The lowest BCUT2D eigenvalue weighted by Crippen LogP contribution is -2.48. The number of anilines is 1. The number of benzene rings is 1. The van der Waals surface area contributed by atoms with Gasteiger partial charge < -0.3 is 9.80 Å². The molecule has 1 amide bonds. The number of fused-ring (bicyclic) bond motifs is 1. The molecule has 6 heteroatoms. The van der Waals surface area contributed by atoms with Crippen molar-refractivity contribution in [2.24, 2.45) is 0 Å². The normalized spacial score (nSPS) is 14.5. The number of hydrogen-bond acceptors (Lipinski definition) is 4. The molecular weight excluding hydrogens is 380 g/mol. The largest absolute Gasteiger partial charge is 0.365 e. The highest BCUT2D eigenvalue weighted by Gasteiger charge is 2.25. The second-order valence-corrected chi connectivity index (χ2v) is 8.27. The van der Waals surface area contributed by atoms with Crippen LogP contribution < -0.4 is 4.90 Å². The quantitative estimate of drug-likeness (QED) is 0.512. The van der Waals surface area contributed by atoms with Crippen LogP contribution in [0.4, 0.5) is 5.69 Å². The van der Waals surface area contributed by atoms with Crippen molar-refractivity contribution in [1.29, 1.82) is 0 Å². The molecule has 1 aliphatic heterocycles. The van der Waals surface area contributed by atoms with Crippen molar-refractivity contribution in [3.8, 4) is 11.1 Å². The Kier molecular flexibility index (Phi) is 4.56. The van der Waals surface area contributed by atoms with Crippen LogP contribution in [0, 0.1) is 6.92 Å². The molecule has 1 aromatic carbocycles. The fraction of sp³-hybridized carbons (Fsp3) is 0.217. The molecule has 5 rings (SSSR count). The number of nitrogens with zero attached hydrogens (tertiary/aromatic N) is 4. The van der Waals surface area contributed by atoms with Gasteiger partial charge in [0.15, 0.2) is 0 Å². The van der Waals surface area contributed by atoms with Crippen LogP contribution in [0.5, 0.6) is 0 Å². The van der Waals surface area contributed by atoms with E-state index in [4.69, 9.17) is 0 Å². The first-order valence-electron chi connectivity index (χ1n) is 9.82. The van der Waals surface area contributed by atoms with Crippen LogP contribution in [-0.2, 0) is 0 Å². The first kappa shape index (κ1) is 17.9. The zero-order valence-corrected chi connectivity index (χ0v) is 17.1. The summed E-state index contributed by atoms with van der Waals surface area (Å²) in [5.41, 5.74) is 5.67. The molecule has 4 aromatic rings. The molecule has 3 aromatic heterocycles. The fourth-order valence-electron chi connectivity index (χ4n) is 3.91. The minimum absolute atomic E-state index is 0.156. The van der Waals surface area contributed by atoms with Gasteiger partial charge in [-0.15, -0.1) is 11.3 Å². The van der Waals surface area contributed by atoms with E-state index in [2.05, 4.69) is 46.4 Å². The second kappa shape index (κ2) is 7.37. The van der Waals surface area contributed by atoms with Crippen molar-refractivity contribution in [2.75, 3.05) is 31.1 Å². The molecule has 0 unspecified atom stereocenters. The zero-order chi connectivity index (χ0) is 19.8. The molecule has 29 heavy (non-hydrogen) atoms. The molecule has 0 radical (unpaired) electrons. The molecule has 0 atom stereocenters. The van der Waals surface area contributed by atoms with Crippen molar-refractivity contribution in [1.82, 2.24) is 14.5 Å². The number of rotatable bonds is 3. The van der Waals surface area contributed by atoms with Crippen LogP contribution >= 0.6 is 11.3 Å². The SMILES string of the molecule is Cc1ccsc1C(=O)N1CCN(c2cnn3ccc(-c4ccccc4)cc23)CC1. The lowest BCUT2D eigenvalue weighted by atomic mass is 10.1. The molecule has 0 N–H and O–H groups in total. The third kappa shape index (κ3) is 3.29. The molecule has 5 nitrogen and oxygen atoms in total. The van der Waals surface area contributed by atoms with Crippen molar-refractivity contribution in [2.45, 2.75) is 6.92 Å². The average Bonchev–Trinajstić information content (AvgIpc) is 3.39. The minimum Gasteiger partial charge on any atom is -0.365 e.